The van der Waals surface area contributed by atoms with Crippen LogP contribution in [0.3, 0.4) is 0 Å². The monoisotopic (exact) mass is 370 g/mol. The molecule has 26 heavy (non-hydrogen) atoms. The number of hydrogen-bond acceptors (Lipinski definition) is 6. The van der Waals surface area contributed by atoms with E-state index in [1.807, 2.05) is 6.07 Å². The number of nitrogens with one attached hydrogen (secondary N) is 2. The number of rotatable bonds is 5. The number of thiophene rings is 1. The van der Waals surface area contributed by atoms with Gasteiger partial charge in [0, 0.05) is 5.56 Å². The Balaban J connectivity index is 1.64. The number of nitrogens with zero attached hydrogens (tertiary/aromatic N) is 2. The summed E-state index contributed by atoms with van der Waals surface area (Å²) in [7, 11) is 0. The average molecular weight is 370 g/mol. The highest BCUT2D eigenvalue weighted by atomic mass is 32.1. The van der Waals surface area contributed by atoms with Crippen LogP contribution in [0.15, 0.2) is 41.9 Å². The Kier molecular flexibility index (Phi) is 5.05. The topological polar surface area (TPSA) is 108 Å². The molecule has 3 aromatic rings. The minimum atomic E-state index is -0.750. The van der Waals surface area contributed by atoms with Gasteiger partial charge in [0.05, 0.1) is 17.5 Å². The highest BCUT2D eigenvalue weighted by molar-refractivity contribution is 7.14. The minimum absolute atomic E-state index is 0.123. The first kappa shape index (κ1) is 17.3. The fourth-order valence-corrected chi connectivity index (χ4v) is 2.90. The zero-order chi connectivity index (χ0) is 18.5. The van der Waals surface area contributed by atoms with Gasteiger partial charge in [-0.1, -0.05) is 0 Å². The Bertz CT molecular complexity index is 988. The number of nitriles is 1. The molecule has 3 rings (SSSR count). The van der Waals surface area contributed by atoms with Crippen molar-refractivity contribution in [2.24, 2.45) is 0 Å². The number of carbonyl (C=O) groups is 2. The second-order valence-electron chi connectivity index (χ2n) is 5.07. The zero-order valence-electron chi connectivity index (χ0n) is 13.2. The molecule has 0 saturated heterocycles. The van der Waals surface area contributed by atoms with Crippen molar-refractivity contribution in [1.82, 2.24) is 10.2 Å². The fourth-order valence-electron chi connectivity index (χ4n) is 2.14. The zero-order valence-corrected chi connectivity index (χ0v) is 14.0. The Morgan fingerprint density at radius 3 is 2.81 bits per heavy atom. The van der Waals surface area contributed by atoms with E-state index in [0.29, 0.717) is 21.8 Å². The third-order valence-corrected chi connectivity index (χ3v) is 4.19. The van der Waals surface area contributed by atoms with Crippen molar-refractivity contribution in [1.29, 1.82) is 5.26 Å². The van der Waals surface area contributed by atoms with Gasteiger partial charge in [-0.15, -0.1) is 11.3 Å². The third kappa shape index (κ3) is 3.76. The predicted octanol–water partition coefficient (Wildman–Crippen LogP) is 2.94. The number of amides is 1. The van der Waals surface area contributed by atoms with Crippen molar-refractivity contribution >= 4 is 28.2 Å². The van der Waals surface area contributed by atoms with Gasteiger partial charge in [-0.05, 0) is 35.7 Å². The normalized spacial score (nSPS) is 10.2. The molecule has 0 spiro atoms. The molecule has 0 unspecified atom stereocenters. The van der Waals surface area contributed by atoms with Crippen LogP contribution in [0.2, 0.25) is 0 Å². The molecule has 0 bridgehead atoms. The largest absolute Gasteiger partial charge is 0.452 e. The Labute approximate surface area is 151 Å². The van der Waals surface area contributed by atoms with E-state index in [-0.39, 0.29) is 5.56 Å². The maximum atomic E-state index is 13.0. The molecule has 9 heteroatoms. The van der Waals surface area contributed by atoms with Gasteiger partial charge in [-0.2, -0.15) is 10.4 Å². The first-order valence-corrected chi connectivity index (χ1v) is 8.20. The second kappa shape index (κ2) is 7.58. The van der Waals surface area contributed by atoms with Crippen molar-refractivity contribution in [2.45, 2.75) is 0 Å². The number of halogens is 1. The lowest BCUT2D eigenvalue weighted by molar-refractivity contribution is -0.119. The van der Waals surface area contributed by atoms with Crippen LogP contribution in [0.1, 0.15) is 15.9 Å². The van der Waals surface area contributed by atoms with E-state index in [1.165, 1.54) is 41.8 Å². The number of aromatic amines is 1. The van der Waals surface area contributed by atoms with Crippen LogP contribution in [-0.2, 0) is 9.53 Å². The number of anilines is 1. The van der Waals surface area contributed by atoms with E-state index >= 15 is 0 Å². The molecule has 0 atom stereocenters. The number of ether oxygens (including phenoxy) is 1. The maximum absolute atomic E-state index is 13.0. The summed E-state index contributed by atoms with van der Waals surface area (Å²) in [5, 5.41) is 19.9. The van der Waals surface area contributed by atoms with Crippen LogP contribution in [0.5, 0.6) is 0 Å². The molecular formula is C17H11FN4O3S. The molecule has 2 aromatic heterocycles. The summed E-state index contributed by atoms with van der Waals surface area (Å²) < 4.78 is 18.0. The molecule has 2 N–H and O–H groups in total. The highest BCUT2D eigenvalue weighted by Gasteiger charge is 2.18. The Morgan fingerprint density at radius 1 is 1.31 bits per heavy atom. The third-order valence-electron chi connectivity index (χ3n) is 3.37. The van der Waals surface area contributed by atoms with Gasteiger partial charge in [0.1, 0.15) is 22.5 Å². The average Bonchev–Trinajstić information content (AvgIpc) is 3.29. The van der Waals surface area contributed by atoms with E-state index in [4.69, 9.17) is 10.00 Å². The van der Waals surface area contributed by atoms with Gasteiger partial charge < -0.3 is 10.1 Å². The van der Waals surface area contributed by atoms with E-state index < -0.39 is 24.3 Å². The number of aromatic nitrogens is 2. The maximum Gasteiger partial charge on any atom is 0.342 e. The lowest BCUT2D eigenvalue weighted by Crippen LogP contribution is -2.20. The van der Waals surface area contributed by atoms with E-state index in [9.17, 15) is 14.0 Å². The van der Waals surface area contributed by atoms with E-state index in [1.54, 1.807) is 11.4 Å². The quantitative estimate of drug-likeness (QED) is 0.671. The standard InChI is InChI=1S/C17H11FN4O3S/c18-12-3-1-10(2-4-12)15-13(8-20-22-15)17(24)25-9-14(23)21-16-11(7-19)5-6-26-16/h1-6,8H,9H2,(H,20,22)(H,21,23). The van der Waals surface area contributed by atoms with Crippen LogP contribution in [0.4, 0.5) is 9.39 Å². The van der Waals surface area contributed by atoms with E-state index in [2.05, 4.69) is 15.5 Å². The molecule has 0 fully saturated rings. The molecule has 2 heterocycles. The number of esters is 1. The second-order valence-corrected chi connectivity index (χ2v) is 5.98. The minimum Gasteiger partial charge on any atom is -0.452 e. The van der Waals surface area contributed by atoms with Crippen LogP contribution >= 0.6 is 11.3 Å². The Hall–Kier alpha value is -3.51. The van der Waals surface area contributed by atoms with Gasteiger partial charge in [-0.25, -0.2) is 9.18 Å². The van der Waals surface area contributed by atoms with Crippen LogP contribution < -0.4 is 5.32 Å². The Morgan fingerprint density at radius 2 is 2.08 bits per heavy atom. The summed E-state index contributed by atoms with van der Waals surface area (Å²) >= 11 is 1.19. The van der Waals surface area contributed by atoms with Crippen molar-refractivity contribution in [3.8, 4) is 17.3 Å². The van der Waals surface area contributed by atoms with Gasteiger partial charge in [-0.3, -0.25) is 9.89 Å². The van der Waals surface area contributed by atoms with Crippen LogP contribution in [-0.4, -0.2) is 28.7 Å². The summed E-state index contributed by atoms with van der Waals surface area (Å²) in [6.45, 7) is -0.518. The van der Waals surface area contributed by atoms with Gasteiger partial charge in [0.25, 0.3) is 5.91 Å². The molecular weight excluding hydrogens is 359 g/mol. The summed E-state index contributed by atoms with van der Waals surface area (Å²) in [5.41, 5.74) is 1.37. The lowest BCUT2D eigenvalue weighted by Gasteiger charge is -2.06. The van der Waals surface area contributed by atoms with Gasteiger partial charge >= 0.3 is 5.97 Å². The molecule has 0 saturated carbocycles. The smallest absolute Gasteiger partial charge is 0.342 e. The fraction of sp³-hybridized carbons (Fsp3) is 0.0588. The first-order valence-electron chi connectivity index (χ1n) is 7.32. The van der Waals surface area contributed by atoms with Crippen molar-refractivity contribution < 1.29 is 18.7 Å². The van der Waals surface area contributed by atoms with E-state index in [0.717, 1.165) is 0 Å². The predicted molar refractivity (Wildman–Crippen MR) is 91.9 cm³/mol. The van der Waals surface area contributed by atoms with Crippen LogP contribution in [0.25, 0.3) is 11.3 Å². The summed E-state index contributed by atoms with van der Waals surface area (Å²) in [6, 6.07) is 9.02. The summed E-state index contributed by atoms with van der Waals surface area (Å²) in [5.74, 6) is -1.72. The lowest BCUT2D eigenvalue weighted by atomic mass is 10.1. The SMILES string of the molecule is N#Cc1ccsc1NC(=O)COC(=O)c1cn[nH]c1-c1ccc(F)cc1. The molecule has 7 nitrogen and oxygen atoms in total. The molecule has 130 valence electrons. The summed E-state index contributed by atoms with van der Waals surface area (Å²) in [4.78, 5) is 24.1. The molecule has 0 aliphatic heterocycles. The first-order chi connectivity index (χ1) is 12.6. The molecule has 1 amide bonds. The van der Waals surface area contributed by atoms with Crippen molar-refractivity contribution in [3.63, 3.8) is 0 Å². The van der Waals surface area contributed by atoms with Crippen molar-refractivity contribution in [3.05, 3.63) is 58.9 Å². The van der Waals surface area contributed by atoms with Gasteiger partial charge in [0.2, 0.25) is 0 Å². The number of carbonyl (C=O) groups excluding carboxylic acids is 2. The van der Waals surface area contributed by atoms with Crippen LogP contribution in [0, 0.1) is 17.1 Å². The summed E-state index contributed by atoms with van der Waals surface area (Å²) in [6.07, 6.45) is 1.27. The molecule has 0 radical (unpaired) electrons. The molecule has 0 aliphatic rings. The molecule has 1 aromatic carbocycles. The number of hydrogen-bond donors (Lipinski definition) is 2. The number of H-pyrrole nitrogens is 1. The van der Waals surface area contributed by atoms with Crippen molar-refractivity contribution in [2.75, 3.05) is 11.9 Å². The number of benzene rings is 1. The molecule has 0 aliphatic carbocycles. The van der Waals surface area contributed by atoms with Gasteiger partial charge in [0.15, 0.2) is 6.61 Å². The highest BCUT2D eigenvalue weighted by Crippen LogP contribution is 2.23.